The number of hydrogen-bond acceptors (Lipinski definition) is 4. The SMILES string of the molecule is CN=C(NCC(C)SC)N1CCN(C(=O)c2ccco2)CC1.I. The molecule has 0 aliphatic carbocycles. The molecule has 23 heavy (non-hydrogen) atoms. The number of carbonyl (C=O) groups excluding carboxylic acids is 1. The van der Waals surface area contributed by atoms with Gasteiger partial charge in [-0.25, -0.2) is 0 Å². The summed E-state index contributed by atoms with van der Waals surface area (Å²) < 4.78 is 5.18. The fraction of sp³-hybridized carbons (Fsp3) is 0.600. The van der Waals surface area contributed by atoms with E-state index in [4.69, 9.17) is 4.42 Å². The van der Waals surface area contributed by atoms with Crippen LogP contribution in [0.15, 0.2) is 27.8 Å². The summed E-state index contributed by atoms with van der Waals surface area (Å²) in [7, 11) is 1.80. The summed E-state index contributed by atoms with van der Waals surface area (Å²) in [5.41, 5.74) is 0. The van der Waals surface area contributed by atoms with Crippen molar-refractivity contribution in [3.8, 4) is 0 Å². The number of amides is 1. The summed E-state index contributed by atoms with van der Waals surface area (Å²) in [6.07, 6.45) is 3.64. The highest BCUT2D eigenvalue weighted by Crippen LogP contribution is 2.10. The molecule has 0 aromatic carbocycles. The monoisotopic (exact) mass is 452 g/mol. The molecule has 0 bridgehead atoms. The number of piperazine rings is 1. The second kappa shape index (κ2) is 10.1. The Labute approximate surface area is 159 Å². The Kier molecular flexibility index (Phi) is 8.82. The largest absolute Gasteiger partial charge is 0.459 e. The minimum Gasteiger partial charge on any atom is -0.459 e. The van der Waals surface area contributed by atoms with E-state index in [0.29, 0.717) is 24.1 Å². The van der Waals surface area contributed by atoms with E-state index in [1.807, 2.05) is 16.7 Å². The molecular weight excluding hydrogens is 427 g/mol. The van der Waals surface area contributed by atoms with Crippen LogP contribution in [-0.4, -0.2) is 72.9 Å². The first kappa shape index (κ1) is 20.1. The molecule has 1 aliphatic rings. The number of carbonyl (C=O) groups is 1. The van der Waals surface area contributed by atoms with Crippen molar-refractivity contribution in [2.24, 2.45) is 4.99 Å². The Bertz CT molecular complexity index is 502. The maximum Gasteiger partial charge on any atom is 0.289 e. The normalized spacial score (nSPS) is 16.7. The third-order valence-electron chi connectivity index (χ3n) is 3.76. The Morgan fingerprint density at radius 2 is 2.04 bits per heavy atom. The van der Waals surface area contributed by atoms with Gasteiger partial charge in [0.25, 0.3) is 5.91 Å². The smallest absolute Gasteiger partial charge is 0.289 e. The second-order valence-corrected chi connectivity index (χ2v) is 6.51. The van der Waals surface area contributed by atoms with Crippen LogP contribution in [0.25, 0.3) is 0 Å². The average molecular weight is 452 g/mol. The van der Waals surface area contributed by atoms with Gasteiger partial charge in [-0.2, -0.15) is 11.8 Å². The standard InChI is InChI=1S/C15H24N4O2S.HI/c1-12(22-3)11-17-15(16-2)19-8-6-18(7-9-19)14(20)13-5-4-10-21-13;/h4-5,10,12H,6-9,11H2,1-3H3,(H,16,17);1H. The third-order valence-corrected chi connectivity index (χ3v) is 4.73. The van der Waals surface area contributed by atoms with Crippen LogP contribution in [0.2, 0.25) is 0 Å². The van der Waals surface area contributed by atoms with E-state index in [0.717, 1.165) is 25.6 Å². The van der Waals surface area contributed by atoms with Gasteiger partial charge in [0.05, 0.1) is 6.26 Å². The summed E-state index contributed by atoms with van der Waals surface area (Å²) in [6, 6.07) is 3.45. The van der Waals surface area contributed by atoms with Crippen LogP contribution in [0, 0.1) is 0 Å². The van der Waals surface area contributed by atoms with E-state index in [1.54, 1.807) is 19.2 Å². The van der Waals surface area contributed by atoms with E-state index in [-0.39, 0.29) is 29.9 Å². The molecular formula is C15H25IN4O2S. The lowest BCUT2D eigenvalue weighted by atomic mass is 10.3. The van der Waals surface area contributed by atoms with E-state index in [2.05, 4.69) is 28.4 Å². The minimum absolute atomic E-state index is 0. The fourth-order valence-electron chi connectivity index (χ4n) is 2.33. The van der Waals surface area contributed by atoms with Gasteiger partial charge in [0.2, 0.25) is 0 Å². The molecule has 0 spiro atoms. The minimum atomic E-state index is -0.0383. The lowest BCUT2D eigenvalue weighted by Gasteiger charge is -2.36. The van der Waals surface area contributed by atoms with Crippen LogP contribution in [0.1, 0.15) is 17.5 Å². The Morgan fingerprint density at radius 3 is 2.57 bits per heavy atom. The number of halogens is 1. The molecule has 1 fully saturated rings. The van der Waals surface area contributed by atoms with Crippen molar-refractivity contribution >= 4 is 47.6 Å². The Morgan fingerprint density at radius 1 is 1.39 bits per heavy atom. The van der Waals surface area contributed by atoms with Crippen molar-refractivity contribution in [3.63, 3.8) is 0 Å². The van der Waals surface area contributed by atoms with Gasteiger partial charge in [0.1, 0.15) is 0 Å². The molecule has 1 unspecified atom stereocenters. The van der Waals surface area contributed by atoms with Gasteiger partial charge in [-0.15, -0.1) is 24.0 Å². The highest BCUT2D eigenvalue weighted by atomic mass is 127. The lowest BCUT2D eigenvalue weighted by Crippen LogP contribution is -2.54. The number of hydrogen-bond donors (Lipinski definition) is 1. The first-order valence-electron chi connectivity index (χ1n) is 7.47. The second-order valence-electron chi connectivity index (χ2n) is 5.23. The van der Waals surface area contributed by atoms with Crippen molar-refractivity contribution in [1.82, 2.24) is 15.1 Å². The Hall–Kier alpha value is -0.900. The van der Waals surface area contributed by atoms with Gasteiger partial charge in [0.15, 0.2) is 11.7 Å². The van der Waals surface area contributed by atoms with Crippen LogP contribution < -0.4 is 5.32 Å². The molecule has 1 aromatic rings. The molecule has 8 heteroatoms. The highest BCUT2D eigenvalue weighted by Gasteiger charge is 2.25. The zero-order valence-electron chi connectivity index (χ0n) is 13.8. The van der Waals surface area contributed by atoms with E-state index in [9.17, 15) is 4.79 Å². The molecule has 1 N–H and O–H groups in total. The molecule has 2 heterocycles. The maximum absolute atomic E-state index is 12.2. The van der Waals surface area contributed by atoms with Crippen molar-refractivity contribution < 1.29 is 9.21 Å². The van der Waals surface area contributed by atoms with Crippen molar-refractivity contribution in [3.05, 3.63) is 24.2 Å². The molecule has 1 aliphatic heterocycles. The van der Waals surface area contributed by atoms with Gasteiger partial charge in [0, 0.05) is 45.0 Å². The number of furan rings is 1. The first-order chi connectivity index (χ1) is 10.7. The predicted octanol–water partition coefficient (Wildman–Crippen LogP) is 1.98. The zero-order valence-corrected chi connectivity index (χ0v) is 17.0. The average Bonchev–Trinajstić information content (AvgIpc) is 3.09. The number of rotatable bonds is 4. The predicted molar refractivity (Wildman–Crippen MR) is 106 cm³/mol. The lowest BCUT2D eigenvalue weighted by molar-refractivity contribution is 0.0658. The highest BCUT2D eigenvalue weighted by molar-refractivity contribution is 14.0. The van der Waals surface area contributed by atoms with E-state index in [1.165, 1.54) is 6.26 Å². The van der Waals surface area contributed by atoms with Gasteiger partial charge in [-0.05, 0) is 18.4 Å². The zero-order chi connectivity index (χ0) is 15.9. The summed E-state index contributed by atoms with van der Waals surface area (Å²) >= 11 is 1.83. The molecule has 2 rings (SSSR count). The van der Waals surface area contributed by atoms with Gasteiger partial charge in [-0.3, -0.25) is 9.79 Å². The summed E-state index contributed by atoms with van der Waals surface area (Å²) in [5, 5.41) is 3.93. The van der Waals surface area contributed by atoms with Crippen LogP contribution in [0.3, 0.4) is 0 Å². The molecule has 1 amide bonds. The number of nitrogens with one attached hydrogen (secondary N) is 1. The van der Waals surface area contributed by atoms with Crippen molar-refractivity contribution in [2.75, 3.05) is 46.0 Å². The van der Waals surface area contributed by atoms with Gasteiger partial charge in [-0.1, -0.05) is 6.92 Å². The van der Waals surface area contributed by atoms with E-state index >= 15 is 0 Å². The number of thioether (sulfide) groups is 1. The molecule has 130 valence electrons. The summed E-state index contributed by atoms with van der Waals surface area (Å²) in [6.45, 7) is 5.99. The van der Waals surface area contributed by atoms with E-state index < -0.39 is 0 Å². The van der Waals surface area contributed by atoms with Crippen LogP contribution in [0.4, 0.5) is 0 Å². The molecule has 1 atom stereocenters. The van der Waals surface area contributed by atoms with Crippen LogP contribution in [-0.2, 0) is 0 Å². The fourth-order valence-corrected chi connectivity index (χ4v) is 2.58. The number of nitrogens with zero attached hydrogens (tertiary/aromatic N) is 3. The molecule has 1 aromatic heterocycles. The van der Waals surface area contributed by atoms with Gasteiger partial charge < -0.3 is 19.5 Å². The quantitative estimate of drug-likeness (QED) is 0.430. The first-order valence-corrected chi connectivity index (χ1v) is 8.75. The van der Waals surface area contributed by atoms with Crippen molar-refractivity contribution in [2.45, 2.75) is 12.2 Å². The number of guanidine groups is 1. The van der Waals surface area contributed by atoms with Crippen molar-refractivity contribution in [1.29, 1.82) is 0 Å². The van der Waals surface area contributed by atoms with Gasteiger partial charge >= 0.3 is 0 Å². The Balaban J connectivity index is 0.00000264. The maximum atomic E-state index is 12.2. The molecule has 0 radical (unpaired) electrons. The third kappa shape index (κ3) is 5.59. The van der Waals surface area contributed by atoms with Crippen LogP contribution >= 0.6 is 35.7 Å². The molecule has 0 saturated carbocycles. The summed E-state index contributed by atoms with van der Waals surface area (Å²) in [5.74, 6) is 1.28. The molecule has 1 saturated heterocycles. The molecule has 6 nitrogen and oxygen atoms in total. The van der Waals surface area contributed by atoms with Crippen LogP contribution in [0.5, 0.6) is 0 Å². The number of aliphatic imine (C=N–C) groups is 1. The summed E-state index contributed by atoms with van der Waals surface area (Å²) in [4.78, 5) is 20.6. The topological polar surface area (TPSA) is 61.1 Å².